The van der Waals surface area contributed by atoms with Crippen molar-refractivity contribution in [2.24, 2.45) is 0 Å². The Kier molecular flexibility index (Phi) is 6.45. The van der Waals surface area contributed by atoms with Gasteiger partial charge in [-0.1, -0.05) is 0 Å². The molecule has 0 saturated heterocycles. The minimum absolute atomic E-state index is 0.347. The molecule has 112 valence electrons. The molecule has 0 unspecified atom stereocenters. The Bertz CT molecular complexity index is 447. The lowest BCUT2D eigenvalue weighted by Gasteiger charge is -2.20. The van der Waals surface area contributed by atoms with E-state index >= 15 is 0 Å². The summed E-state index contributed by atoms with van der Waals surface area (Å²) < 4.78 is 4.70. The van der Waals surface area contributed by atoms with E-state index in [0.29, 0.717) is 17.3 Å². The van der Waals surface area contributed by atoms with Crippen molar-refractivity contribution < 1.29 is 9.53 Å². The van der Waals surface area contributed by atoms with Gasteiger partial charge in [0.15, 0.2) is 0 Å². The summed E-state index contributed by atoms with van der Waals surface area (Å²) in [6, 6.07) is 4.12. The van der Waals surface area contributed by atoms with Crippen LogP contribution in [-0.4, -0.2) is 49.1 Å². The van der Waals surface area contributed by atoms with Gasteiger partial charge in [0, 0.05) is 12.6 Å². The molecule has 0 aliphatic carbocycles. The van der Waals surface area contributed by atoms with Crippen molar-refractivity contribution in [3.8, 4) is 0 Å². The number of esters is 1. The molecular formula is C15H25N3O2. The first-order valence-corrected chi connectivity index (χ1v) is 6.95. The monoisotopic (exact) mass is 279 g/mol. The summed E-state index contributed by atoms with van der Waals surface area (Å²) in [4.78, 5) is 18.1. The van der Waals surface area contributed by atoms with Gasteiger partial charge in [-0.25, -0.2) is 9.78 Å². The van der Waals surface area contributed by atoms with Crippen molar-refractivity contribution in [1.29, 1.82) is 0 Å². The number of aryl methyl sites for hydroxylation is 1. The molecule has 1 rings (SSSR count). The molecule has 1 aromatic rings. The minimum Gasteiger partial charge on any atom is -0.465 e. The molecule has 20 heavy (non-hydrogen) atoms. The zero-order chi connectivity index (χ0) is 15.1. The topological polar surface area (TPSA) is 54.5 Å². The fraction of sp³-hybridized carbons (Fsp3) is 0.600. The zero-order valence-corrected chi connectivity index (χ0v) is 13.1. The first kappa shape index (κ1) is 16.4. The summed E-state index contributed by atoms with van der Waals surface area (Å²) in [7, 11) is 3.50. The maximum absolute atomic E-state index is 11.5. The predicted octanol–water partition coefficient (Wildman–Crippen LogP) is 2.32. The molecule has 1 N–H and O–H groups in total. The van der Waals surface area contributed by atoms with Crippen LogP contribution in [0.25, 0.3) is 0 Å². The SMILES string of the molecule is COC(=O)c1ccc(NCCCN(C)C(C)C)nc1C. The molecule has 5 heteroatoms. The molecule has 0 atom stereocenters. The molecular weight excluding hydrogens is 254 g/mol. The summed E-state index contributed by atoms with van der Waals surface area (Å²) in [5.74, 6) is 0.447. The normalized spacial score (nSPS) is 10.9. The van der Waals surface area contributed by atoms with Gasteiger partial charge in [-0.05, 0) is 52.9 Å². The van der Waals surface area contributed by atoms with Crippen LogP contribution in [0.1, 0.15) is 36.3 Å². The average Bonchev–Trinajstić information content (AvgIpc) is 2.42. The molecule has 5 nitrogen and oxygen atoms in total. The van der Waals surface area contributed by atoms with Crippen LogP contribution >= 0.6 is 0 Å². The fourth-order valence-electron chi connectivity index (χ4n) is 1.79. The van der Waals surface area contributed by atoms with E-state index in [1.807, 2.05) is 13.0 Å². The van der Waals surface area contributed by atoms with Crippen LogP contribution in [0.4, 0.5) is 5.82 Å². The Morgan fingerprint density at radius 2 is 2.15 bits per heavy atom. The molecule has 0 spiro atoms. The third kappa shape index (κ3) is 4.81. The van der Waals surface area contributed by atoms with Crippen LogP contribution in [-0.2, 0) is 4.74 Å². The Balaban J connectivity index is 2.46. The summed E-state index contributed by atoms with van der Waals surface area (Å²) in [5, 5.41) is 3.27. The van der Waals surface area contributed by atoms with Crippen LogP contribution in [0.2, 0.25) is 0 Å². The predicted molar refractivity (Wildman–Crippen MR) is 81.2 cm³/mol. The Hall–Kier alpha value is -1.62. The summed E-state index contributed by atoms with van der Waals surface area (Å²) in [5.41, 5.74) is 1.19. The maximum atomic E-state index is 11.5. The van der Waals surface area contributed by atoms with E-state index in [1.54, 1.807) is 6.07 Å². The van der Waals surface area contributed by atoms with Crippen LogP contribution < -0.4 is 5.32 Å². The van der Waals surface area contributed by atoms with Gasteiger partial charge >= 0.3 is 5.97 Å². The van der Waals surface area contributed by atoms with Gasteiger partial charge in [-0.15, -0.1) is 0 Å². The van der Waals surface area contributed by atoms with Crippen molar-refractivity contribution in [3.63, 3.8) is 0 Å². The fourth-order valence-corrected chi connectivity index (χ4v) is 1.79. The number of pyridine rings is 1. The molecule has 0 saturated carbocycles. The number of methoxy groups -OCH3 is 1. The second-order valence-corrected chi connectivity index (χ2v) is 5.18. The van der Waals surface area contributed by atoms with Gasteiger partial charge in [0.1, 0.15) is 5.82 Å². The second kappa shape index (κ2) is 7.85. The molecule has 0 radical (unpaired) electrons. The molecule has 0 bridgehead atoms. The smallest absolute Gasteiger partial charge is 0.339 e. The molecule has 0 aromatic carbocycles. The number of nitrogens with one attached hydrogen (secondary N) is 1. The van der Waals surface area contributed by atoms with Crippen molar-refractivity contribution >= 4 is 11.8 Å². The average molecular weight is 279 g/mol. The number of nitrogens with zero attached hydrogens (tertiary/aromatic N) is 2. The molecule has 0 aliphatic heterocycles. The lowest BCUT2D eigenvalue weighted by Crippen LogP contribution is -2.28. The number of carbonyl (C=O) groups excluding carboxylic acids is 1. The lowest BCUT2D eigenvalue weighted by atomic mass is 10.2. The minimum atomic E-state index is -0.347. The summed E-state index contributed by atoms with van der Waals surface area (Å²) in [6.07, 6.45) is 1.05. The highest BCUT2D eigenvalue weighted by atomic mass is 16.5. The third-order valence-corrected chi connectivity index (χ3v) is 3.37. The van der Waals surface area contributed by atoms with E-state index in [1.165, 1.54) is 7.11 Å². The molecule has 1 heterocycles. The number of hydrogen-bond acceptors (Lipinski definition) is 5. The molecule has 0 fully saturated rings. The maximum Gasteiger partial charge on any atom is 0.339 e. The van der Waals surface area contributed by atoms with E-state index in [4.69, 9.17) is 4.74 Å². The molecule has 0 amide bonds. The molecule has 1 aromatic heterocycles. The Morgan fingerprint density at radius 3 is 2.70 bits per heavy atom. The number of hydrogen-bond donors (Lipinski definition) is 1. The van der Waals surface area contributed by atoms with Gasteiger partial charge in [0.05, 0.1) is 18.4 Å². The van der Waals surface area contributed by atoms with Gasteiger partial charge in [-0.2, -0.15) is 0 Å². The van der Waals surface area contributed by atoms with E-state index in [0.717, 1.165) is 25.3 Å². The first-order valence-electron chi connectivity index (χ1n) is 6.95. The van der Waals surface area contributed by atoms with Crippen molar-refractivity contribution in [2.45, 2.75) is 33.2 Å². The summed E-state index contributed by atoms with van der Waals surface area (Å²) in [6.45, 7) is 8.09. The number of rotatable bonds is 7. The third-order valence-electron chi connectivity index (χ3n) is 3.37. The van der Waals surface area contributed by atoms with Crippen LogP contribution in [0, 0.1) is 6.92 Å². The second-order valence-electron chi connectivity index (χ2n) is 5.18. The van der Waals surface area contributed by atoms with E-state index in [2.05, 4.69) is 36.1 Å². The largest absolute Gasteiger partial charge is 0.465 e. The van der Waals surface area contributed by atoms with Crippen LogP contribution in [0.15, 0.2) is 12.1 Å². The van der Waals surface area contributed by atoms with Crippen molar-refractivity contribution in [1.82, 2.24) is 9.88 Å². The van der Waals surface area contributed by atoms with Crippen LogP contribution in [0.5, 0.6) is 0 Å². The van der Waals surface area contributed by atoms with Crippen molar-refractivity contribution in [3.05, 3.63) is 23.4 Å². The highest BCUT2D eigenvalue weighted by Gasteiger charge is 2.10. The number of carbonyl (C=O) groups is 1. The van der Waals surface area contributed by atoms with Gasteiger partial charge in [0.2, 0.25) is 0 Å². The standard InChI is InChI=1S/C15H25N3O2/c1-11(2)18(4)10-6-9-16-14-8-7-13(12(3)17-14)15(19)20-5/h7-8,11H,6,9-10H2,1-5H3,(H,16,17). The highest BCUT2D eigenvalue weighted by molar-refractivity contribution is 5.90. The highest BCUT2D eigenvalue weighted by Crippen LogP contribution is 2.11. The quantitative estimate of drug-likeness (QED) is 0.613. The van der Waals surface area contributed by atoms with Gasteiger partial charge in [-0.3, -0.25) is 0 Å². The zero-order valence-electron chi connectivity index (χ0n) is 13.1. The van der Waals surface area contributed by atoms with Gasteiger partial charge < -0.3 is 15.0 Å². The lowest BCUT2D eigenvalue weighted by molar-refractivity contribution is 0.0599. The van der Waals surface area contributed by atoms with Crippen molar-refractivity contribution in [2.75, 3.05) is 32.6 Å². The number of ether oxygens (including phenoxy) is 1. The number of anilines is 1. The number of aromatic nitrogens is 1. The van der Waals surface area contributed by atoms with E-state index < -0.39 is 0 Å². The van der Waals surface area contributed by atoms with Gasteiger partial charge in [0.25, 0.3) is 0 Å². The van der Waals surface area contributed by atoms with E-state index in [-0.39, 0.29) is 5.97 Å². The molecule has 0 aliphatic rings. The Morgan fingerprint density at radius 1 is 1.45 bits per heavy atom. The van der Waals surface area contributed by atoms with E-state index in [9.17, 15) is 4.79 Å². The first-order chi connectivity index (χ1) is 9.45. The Labute approximate surface area is 121 Å². The van der Waals surface area contributed by atoms with Crippen LogP contribution in [0.3, 0.4) is 0 Å². The summed E-state index contributed by atoms with van der Waals surface area (Å²) >= 11 is 0.